The molecular formula is C73H115N7O17S2. The fourth-order valence-electron chi connectivity index (χ4n) is 21.6. The van der Waals surface area contributed by atoms with Gasteiger partial charge in [-0.3, -0.25) is 43.7 Å². The molecule has 0 aromatic heterocycles. The lowest BCUT2D eigenvalue weighted by Crippen LogP contribution is -2.62. The maximum absolute atomic E-state index is 14.7. The van der Waals surface area contributed by atoms with Crippen molar-refractivity contribution in [1.29, 1.82) is 0 Å². The third-order valence-electron chi connectivity index (χ3n) is 27.2. The molecule has 24 atom stereocenters. The van der Waals surface area contributed by atoms with Crippen LogP contribution in [0.15, 0.2) is 23.1 Å². The number of nitro groups is 1. The second kappa shape index (κ2) is 33.4. The van der Waals surface area contributed by atoms with Crippen molar-refractivity contribution in [1.82, 2.24) is 26.2 Å². The zero-order chi connectivity index (χ0) is 72.1. The first-order valence-corrected chi connectivity index (χ1v) is 39.4. The van der Waals surface area contributed by atoms with Gasteiger partial charge in [0, 0.05) is 62.2 Å². The van der Waals surface area contributed by atoms with E-state index in [1.54, 1.807) is 0 Å². The van der Waals surface area contributed by atoms with Gasteiger partial charge in [-0.2, -0.15) is 0 Å². The molecule has 0 unspecified atom stereocenters. The first kappa shape index (κ1) is 78.5. The molecule has 14 N–H and O–H groups in total. The van der Waals surface area contributed by atoms with Gasteiger partial charge in [0.25, 0.3) is 11.6 Å². The SMILES string of the molecule is C[C@H](CCC(=O)NCCCCN(CCCCNC(=O)CC[C@@H](C)[C@H]1CC[C@H]2[C@@H]3[C@H](O)C[C@H]4C[C@H](O)CC[C@]4(C)[C@H]3C[C@H](O)[C@]12C)C(=O)c1cc(SSC[C@H](NC(=O)CC[C@H](N)C(=O)O)C(=O)NCC(=O)O)ccc1[N+](=O)[O-])[C@H]1CC[C@H]2[C@@H]3[C@H](O)C[C@H]4C[C@H](O)CC[C@]4(C)[C@H]3C[C@H](O)[C@]12C. The summed E-state index contributed by atoms with van der Waals surface area (Å²) >= 11 is 0. The predicted molar refractivity (Wildman–Crippen MR) is 374 cm³/mol. The van der Waals surface area contributed by atoms with E-state index in [1.807, 2.05) is 0 Å². The van der Waals surface area contributed by atoms with Crippen molar-refractivity contribution in [3.8, 4) is 0 Å². The normalized spacial score (nSPS) is 36.3. The average molecular weight is 1430 g/mol. The molecule has 8 fully saturated rings. The zero-order valence-electron chi connectivity index (χ0n) is 59.0. The van der Waals surface area contributed by atoms with E-state index in [-0.39, 0.29) is 156 Å². The predicted octanol–water partition coefficient (Wildman–Crippen LogP) is 7.20. The Labute approximate surface area is 591 Å². The molecule has 1 aromatic rings. The molecule has 5 amide bonds. The van der Waals surface area contributed by atoms with Crippen LogP contribution in [0.25, 0.3) is 0 Å². The first-order valence-electron chi connectivity index (χ1n) is 37.1. The highest BCUT2D eigenvalue weighted by atomic mass is 33.1. The van der Waals surface area contributed by atoms with Gasteiger partial charge in [-0.25, -0.2) is 0 Å². The summed E-state index contributed by atoms with van der Waals surface area (Å²) in [5.41, 5.74) is 4.04. The van der Waals surface area contributed by atoms with Crippen LogP contribution in [0, 0.1) is 103 Å². The number of carbonyl (C=O) groups is 7. The third kappa shape index (κ3) is 17.3. The van der Waals surface area contributed by atoms with Gasteiger partial charge in [-0.05, 0) is 240 Å². The molecule has 0 aliphatic heterocycles. The quantitative estimate of drug-likeness (QED) is 0.0147. The van der Waals surface area contributed by atoms with E-state index < -0.39 is 94.1 Å². The Morgan fingerprint density at radius 1 is 0.636 bits per heavy atom. The van der Waals surface area contributed by atoms with E-state index in [1.165, 1.54) is 23.1 Å². The number of nitrogens with zero attached hydrogens (tertiary/aromatic N) is 2. The van der Waals surface area contributed by atoms with E-state index in [0.717, 1.165) is 73.0 Å². The lowest BCUT2D eigenvalue weighted by atomic mass is 9.43. The molecule has 9 rings (SSSR count). The highest BCUT2D eigenvalue weighted by Gasteiger charge is 2.68. The van der Waals surface area contributed by atoms with Crippen LogP contribution in [-0.4, -0.2) is 179 Å². The molecule has 8 saturated carbocycles. The zero-order valence-corrected chi connectivity index (χ0v) is 60.7. The molecule has 99 heavy (non-hydrogen) atoms. The van der Waals surface area contributed by atoms with Gasteiger partial charge in [0.05, 0.1) is 41.5 Å². The van der Waals surface area contributed by atoms with Crippen LogP contribution in [0.2, 0.25) is 0 Å². The van der Waals surface area contributed by atoms with Crippen LogP contribution in [0.4, 0.5) is 5.69 Å². The lowest BCUT2D eigenvalue weighted by Gasteiger charge is -2.63. The summed E-state index contributed by atoms with van der Waals surface area (Å²) < 4.78 is 0. The average Bonchev–Trinajstić information content (AvgIpc) is 1.65. The maximum atomic E-state index is 14.7. The highest BCUT2D eigenvalue weighted by molar-refractivity contribution is 8.76. The fraction of sp³-hybridized carbons (Fsp3) is 0.822. The molecule has 8 aliphatic carbocycles. The van der Waals surface area contributed by atoms with E-state index in [0.29, 0.717) is 95.0 Å². The standard InChI is InChI=1S/C73H115N7O17S2/c1-40(48-14-16-50-65-52(36-59(85)72(48,50)5)70(3)25-23-44(81)31-42(70)33-57(65)83)11-20-61(87)75-27-7-9-29-79(68(93)47-35-46(13-19-56(47)80(96)97)99-98-39-55(67(92)77-38-64(90)91)78-63(89)22-18-54(74)69(94)95)30-10-8-28-76-62(88)21-12-41(2)49-15-17-51-66-53(37-60(86)73(49,51)6)71(4)26-24-45(82)32-43(71)34-58(66)84/h13,19,35,40-45,48-55,57-60,65-66,81-86H,7-12,14-18,20-34,36-39,74H2,1-6H3,(H,75,87)(H,76,88)(H,77,92)(H,78,89)(H,90,91)(H,94,95)/t40-,41-,42-,43-,44-,45-,48-,49-,50+,51+,52+,53+,54+,55+,57-,58-,59+,60+,65+,66+,70+,71+,72-,73-/m1/s1. The number of benzene rings is 1. The van der Waals surface area contributed by atoms with Gasteiger partial charge in [0.1, 0.15) is 24.2 Å². The second-order valence-electron chi connectivity index (χ2n) is 32.5. The molecule has 0 spiro atoms. The van der Waals surface area contributed by atoms with Crippen molar-refractivity contribution in [2.45, 2.75) is 249 Å². The van der Waals surface area contributed by atoms with Crippen molar-refractivity contribution >= 4 is 68.7 Å². The molecule has 26 heteroatoms. The molecular weight excluding hydrogens is 1310 g/mol. The van der Waals surface area contributed by atoms with E-state index in [2.05, 4.69) is 62.8 Å². The smallest absolute Gasteiger partial charge is 0.322 e. The van der Waals surface area contributed by atoms with Crippen molar-refractivity contribution < 1.29 is 79.3 Å². The van der Waals surface area contributed by atoms with Crippen LogP contribution < -0.4 is 27.0 Å². The Morgan fingerprint density at radius 2 is 1.12 bits per heavy atom. The number of aliphatic hydroxyl groups is 6. The maximum Gasteiger partial charge on any atom is 0.322 e. The number of rotatable bonds is 32. The number of hydrogen-bond donors (Lipinski definition) is 13. The van der Waals surface area contributed by atoms with Gasteiger partial charge >= 0.3 is 11.9 Å². The Hall–Kier alpha value is -4.67. The van der Waals surface area contributed by atoms with E-state index in [4.69, 9.17) is 10.8 Å². The van der Waals surface area contributed by atoms with Crippen molar-refractivity contribution in [3.63, 3.8) is 0 Å². The van der Waals surface area contributed by atoms with Crippen LogP contribution in [0.3, 0.4) is 0 Å². The van der Waals surface area contributed by atoms with Gasteiger partial charge in [-0.1, -0.05) is 63.1 Å². The number of aliphatic hydroxyl groups excluding tert-OH is 6. The third-order valence-corrected chi connectivity index (χ3v) is 29.6. The molecule has 24 nitrogen and oxygen atoms in total. The van der Waals surface area contributed by atoms with Crippen LogP contribution in [0.1, 0.15) is 206 Å². The molecule has 1 aromatic carbocycles. The molecule has 0 bridgehead atoms. The van der Waals surface area contributed by atoms with Gasteiger partial charge in [-0.15, -0.1) is 0 Å². The van der Waals surface area contributed by atoms with Crippen molar-refractivity contribution in [2.24, 2.45) is 98.4 Å². The number of aliphatic carboxylic acids is 2. The molecule has 0 saturated heterocycles. The number of carboxylic acid groups (broad SMARTS) is 2. The minimum absolute atomic E-state index is 0.0320. The number of carbonyl (C=O) groups excluding carboxylic acids is 5. The second-order valence-corrected chi connectivity index (χ2v) is 34.9. The number of hydrogen-bond acceptors (Lipinski definition) is 18. The minimum Gasteiger partial charge on any atom is -0.480 e. The summed E-state index contributed by atoms with van der Waals surface area (Å²) in [7, 11) is 2.09. The molecule has 0 radical (unpaired) electrons. The number of nitrogens with one attached hydrogen (secondary N) is 4. The molecule has 556 valence electrons. The molecule has 8 aliphatic rings. The number of amides is 5. The topological polar surface area (TPSA) is 402 Å². The van der Waals surface area contributed by atoms with Crippen molar-refractivity contribution in [3.05, 3.63) is 33.9 Å². The number of nitro benzene ring substituents is 1. The summed E-state index contributed by atoms with van der Waals surface area (Å²) in [6, 6.07) is 1.41. The van der Waals surface area contributed by atoms with Crippen LogP contribution >= 0.6 is 21.6 Å². The molecule has 0 heterocycles. The van der Waals surface area contributed by atoms with Gasteiger partial charge in [0.2, 0.25) is 23.6 Å². The van der Waals surface area contributed by atoms with Crippen LogP contribution in [-0.2, 0) is 28.8 Å². The number of carboxylic acids is 2. The Bertz CT molecular complexity index is 2920. The number of fused-ring (bicyclic) bond motifs is 10. The van der Waals surface area contributed by atoms with Gasteiger partial charge in [0.15, 0.2) is 0 Å². The monoisotopic (exact) mass is 1430 g/mol. The summed E-state index contributed by atoms with van der Waals surface area (Å²) in [4.78, 5) is 104. The van der Waals surface area contributed by atoms with Gasteiger partial charge < -0.3 is 72.8 Å². The van der Waals surface area contributed by atoms with Crippen molar-refractivity contribution in [2.75, 3.05) is 38.5 Å². The number of nitrogens with two attached hydrogens (primary N) is 1. The Kier molecular flexibility index (Phi) is 26.5. The fourth-order valence-corrected chi connectivity index (χ4v) is 23.8. The lowest BCUT2D eigenvalue weighted by molar-refractivity contribution is -0.385. The number of unbranched alkanes of at least 4 members (excludes halogenated alkanes) is 2. The minimum atomic E-state index is -1.33. The first-order chi connectivity index (χ1) is 46.8. The Balaban J connectivity index is 0.791. The Morgan fingerprint density at radius 3 is 1.59 bits per heavy atom. The van der Waals surface area contributed by atoms with E-state index in [9.17, 15) is 79.4 Å². The summed E-state index contributed by atoms with van der Waals surface area (Å²) in [5, 5.41) is 111. The summed E-state index contributed by atoms with van der Waals surface area (Å²) in [5.74, 6) is -3.25. The largest absolute Gasteiger partial charge is 0.480 e. The van der Waals surface area contributed by atoms with Crippen LogP contribution in [0.5, 0.6) is 0 Å². The summed E-state index contributed by atoms with van der Waals surface area (Å²) in [6.07, 6.45) is 11.3. The van der Waals surface area contributed by atoms with E-state index >= 15 is 0 Å². The highest BCUT2D eigenvalue weighted by Crippen LogP contribution is 2.70. The summed E-state index contributed by atoms with van der Waals surface area (Å²) in [6.45, 7) is 13.6.